The maximum atomic E-state index is 12.1. The van der Waals surface area contributed by atoms with Crippen LogP contribution in [0.5, 0.6) is 17.2 Å². The summed E-state index contributed by atoms with van der Waals surface area (Å²) in [5, 5.41) is 15.4. The highest BCUT2D eigenvalue weighted by atomic mass is 35.5. The lowest BCUT2D eigenvalue weighted by atomic mass is 10.0. The summed E-state index contributed by atoms with van der Waals surface area (Å²) < 4.78 is 17.1. The Labute approximate surface area is 221 Å². The molecule has 1 heterocycles. The Balaban J connectivity index is 0.00000320. The van der Waals surface area contributed by atoms with Crippen molar-refractivity contribution in [3.05, 3.63) is 99.3 Å². The number of aliphatic hydroxyl groups is 1. The Morgan fingerprint density at radius 1 is 0.919 bits per heavy atom. The molecule has 1 aromatic heterocycles. The van der Waals surface area contributed by atoms with E-state index in [2.05, 4.69) is 10.3 Å². The summed E-state index contributed by atoms with van der Waals surface area (Å²) in [6.07, 6.45) is 0.819. The fraction of sp³-hybridized carbons (Fsp3) is 0.276. The second-order valence-electron chi connectivity index (χ2n) is 8.99. The summed E-state index contributed by atoms with van der Waals surface area (Å²) in [6.45, 7) is 0.743. The number of benzene rings is 3. The first kappa shape index (κ1) is 26.5. The molecule has 0 aliphatic heterocycles. The highest BCUT2D eigenvalue weighted by Crippen LogP contribution is 2.37. The maximum absolute atomic E-state index is 12.1. The van der Waals surface area contributed by atoms with Gasteiger partial charge >= 0.3 is 0 Å². The van der Waals surface area contributed by atoms with Crippen molar-refractivity contribution in [3.8, 4) is 17.2 Å². The van der Waals surface area contributed by atoms with Crippen LogP contribution in [0.15, 0.2) is 71.5 Å². The van der Waals surface area contributed by atoms with Crippen molar-refractivity contribution in [2.75, 3.05) is 20.8 Å². The van der Waals surface area contributed by atoms with Gasteiger partial charge in [0.1, 0.15) is 23.9 Å². The molecule has 0 unspecified atom stereocenters. The molecule has 0 spiro atoms. The van der Waals surface area contributed by atoms with Crippen molar-refractivity contribution < 1.29 is 19.3 Å². The largest absolute Gasteiger partial charge is 0.496 e. The van der Waals surface area contributed by atoms with E-state index in [1.54, 1.807) is 26.4 Å². The van der Waals surface area contributed by atoms with E-state index in [-0.39, 0.29) is 24.0 Å². The third kappa shape index (κ3) is 5.59. The van der Waals surface area contributed by atoms with Gasteiger partial charge in [0.2, 0.25) is 5.56 Å². The molecule has 1 atom stereocenters. The summed E-state index contributed by atoms with van der Waals surface area (Å²) in [7, 11) is 3.35. The van der Waals surface area contributed by atoms with Gasteiger partial charge in [-0.1, -0.05) is 36.4 Å². The van der Waals surface area contributed by atoms with Crippen LogP contribution in [0.2, 0.25) is 0 Å². The number of fused-ring (bicyclic) bond motifs is 2. The molecule has 7 nitrogen and oxygen atoms in total. The smallest absolute Gasteiger partial charge is 0.248 e. The van der Waals surface area contributed by atoms with Crippen molar-refractivity contribution in [1.29, 1.82) is 0 Å². The molecule has 5 rings (SSSR count). The molecule has 0 saturated carbocycles. The maximum Gasteiger partial charge on any atom is 0.248 e. The molecule has 37 heavy (non-hydrogen) atoms. The second kappa shape index (κ2) is 11.7. The van der Waals surface area contributed by atoms with Crippen LogP contribution in [0.1, 0.15) is 28.4 Å². The van der Waals surface area contributed by atoms with Crippen LogP contribution in [0.4, 0.5) is 0 Å². The average Bonchev–Trinajstić information content (AvgIpc) is 3.34. The number of methoxy groups -OCH3 is 2. The first-order valence-electron chi connectivity index (χ1n) is 12.0. The molecular weight excluding hydrogens is 492 g/mol. The van der Waals surface area contributed by atoms with Gasteiger partial charge in [-0.15, -0.1) is 12.4 Å². The molecule has 0 amide bonds. The first-order valence-corrected chi connectivity index (χ1v) is 12.0. The molecule has 8 heteroatoms. The first-order chi connectivity index (χ1) is 17.6. The van der Waals surface area contributed by atoms with Crippen LogP contribution in [-0.2, 0) is 19.4 Å². The zero-order chi connectivity index (χ0) is 25.1. The third-order valence-corrected chi connectivity index (χ3v) is 6.77. The number of halogens is 1. The molecule has 0 saturated heterocycles. The number of H-pyrrole nitrogens is 1. The average molecular weight is 523 g/mol. The summed E-state index contributed by atoms with van der Waals surface area (Å²) in [4.78, 5) is 15.0. The number of aromatic amines is 1. The van der Waals surface area contributed by atoms with Crippen LogP contribution in [0.3, 0.4) is 0 Å². The summed E-state index contributed by atoms with van der Waals surface area (Å²) >= 11 is 0. The van der Waals surface area contributed by atoms with Crippen LogP contribution in [0, 0.1) is 0 Å². The van der Waals surface area contributed by atoms with E-state index in [9.17, 15) is 9.90 Å². The van der Waals surface area contributed by atoms with E-state index in [1.807, 2.05) is 48.5 Å². The summed E-state index contributed by atoms with van der Waals surface area (Å²) in [6, 6.07) is 20.7. The van der Waals surface area contributed by atoms with Gasteiger partial charge in [-0.3, -0.25) is 4.79 Å². The molecule has 0 bridgehead atoms. The Morgan fingerprint density at radius 2 is 1.57 bits per heavy atom. The van der Waals surface area contributed by atoms with E-state index in [0.29, 0.717) is 24.4 Å². The van der Waals surface area contributed by atoms with Gasteiger partial charge in [0.05, 0.1) is 25.8 Å². The van der Waals surface area contributed by atoms with E-state index < -0.39 is 6.10 Å². The Morgan fingerprint density at radius 3 is 2.22 bits per heavy atom. The van der Waals surface area contributed by atoms with Gasteiger partial charge in [0.15, 0.2) is 0 Å². The SMILES string of the molecule is COc1ccc(OC)c2c1CC(NC[C@H](O)c1ccc(OCc3ccccc3)c3[nH]c(=O)ccc13)C2.Cl. The lowest BCUT2D eigenvalue weighted by Crippen LogP contribution is -2.33. The third-order valence-electron chi connectivity index (χ3n) is 6.77. The lowest BCUT2D eigenvalue weighted by Gasteiger charge is -2.19. The van der Waals surface area contributed by atoms with E-state index in [4.69, 9.17) is 14.2 Å². The van der Waals surface area contributed by atoms with Crippen molar-refractivity contribution in [1.82, 2.24) is 10.3 Å². The Bertz CT molecular complexity index is 1390. The molecule has 1 aliphatic carbocycles. The number of ether oxygens (including phenoxy) is 3. The molecule has 1 aliphatic rings. The normalized spacial score (nSPS) is 13.6. The zero-order valence-corrected chi connectivity index (χ0v) is 21.6. The standard InChI is InChI=1S/C29H30N2O5.ClH/c1-34-25-11-12-26(35-2)23-15-19(14-22(23)25)30-16-24(32)20-8-10-27(29-21(20)9-13-28(33)31-29)36-17-18-6-4-3-5-7-18;/h3-13,19,24,30,32H,14-17H2,1-2H3,(H,31,33);1H/t24-;/m0./s1. The Hall–Kier alpha value is -3.52. The number of hydrogen-bond donors (Lipinski definition) is 3. The predicted octanol–water partition coefficient (Wildman–Crippen LogP) is 4.34. The number of aliphatic hydroxyl groups excluding tert-OH is 1. The van der Waals surface area contributed by atoms with Gasteiger partial charge in [0, 0.05) is 35.2 Å². The van der Waals surface area contributed by atoms with Crippen LogP contribution >= 0.6 is 12.4 Å². The van der Waals surface area contributed by atoms with E-state index in [0.717, 1.165) is 52.0 Å². The molecule has 4 aromatic rings. The van der Waals surface area contributed by atoms with Gasteiger partial charge in [0.25, 0.3) is 0 Å². The van der Waals surface area contributed by atoms with Gasteiger partial charge in [-0.2, -0.15) is 0 Å². The minimum Gasteiger partial charge on any atom is -0.496 e. The summed E-state index contributed by atoms with van der Waals surface area (Å²) in [5.41, 5.74) is 4.41. The topological polar surface area (TPSA) is 92.8 Å². The number of aromatic nitrogens is 1. The van der Waals surface area contributed by atoms with Crippen LogP contribution < -0.4 is 25.1 Å². The predicted molar refractivity (Wildman–Crippen MR) is 146 cm³/mol. The molecule has 0 radical (unpaired) electrons. The number of rotatable bonds is 9. The van der Waals surface area contributed by atoms with Gasteiger partial charge in [-0.05, 0) is 48.2 Å². The van der Waals surface area contributed by atoms with Crippen molar-refractivity contribution >= 4 is 23.3 Å². The van der Waals surface area contributed by atoms with Crippen LogP contribution in [-0.4, -0.2) is 36.9 Å². The van der Waals surface area contributed by atoms with E-state index in [1.165, 1.54) is 6.07 Å². The fourth-order valence-electron chi connectivity index (χ4n) is 4.97. The second-order valence-corrected chi connectivity index (χ2v) is 8.99. The van der Waals surface area contributed by atoms with Crippen molar-refractivity contribution in [2.24, 2.45) is 0 Å². The molecule has 3 aromatic carbocycles. The van der Waals surface area contributed by atoms with E-state index >= 15 is 0 Å². The molecule has 3 N–H and O–H groups in total. The monoisotopic (exact) mass is 522 g/mol. The zero-order valence-electron chi connectivity index (χ0n) is 20.8. The van der Waals surface area contributed by atoms with Gasteiger partial charge < -0.3 is 29.6 Å². The number of nitrogens with one attached hydrogen (secondary N) is 2. The van der Waals surface area contributed by atoms with Gasteiger partial charge in [-0.25, -0.2) is 0 Å². The minimum absolute atomic E-state index is 0. The lowest BCUT2D eigenvalue weighted by molar-refractivity contribution is 0.171. The highest BCUT2D eigenvalue weighted by Gasteiger charge is 2.28. The van der Waals surface area contributed by atoms with Crippen molar-refractivity contribution in [2.45, 2.75) is 31.6 Å². The van der Waals surface area contributed by atoms with Crippen LogP contribution in [0.25, 0.3) is 10.9 Å². The minimum atomic E-state index is -0.769. The molecular formula is C29H31ClN2O5. The number of pyridine rings is 1. The quantitative estimate of drug-likeness (QED) is 0.303. The Kier molecular flexibility index (Phi) is 8.38. The number of hydrogen-bond acceptors (Lipinski definition) is 6. The highest BCUT2D eigenvalue weighted by molar-refractivity contribution is 5.87. The van der Waals surface area contributed by atoms with Crippen molar-refractivity contribution in [3.63, 3.8) is 0 Å². The fourth-order valence-corrected chi connectivity index (χ4v) is 4.97. The molecule has 0 fully saturated rings. The summed E-state index contributed by atoms with van der Waals surface area (Å²) in [5.74, 6) is 2.29. The molecule has 194 valence electrons.